The third-order valence-electron chi connectivity index (χ3n) is 3.90. The summed E-state index contributed by atoms with van der Waals surface area (Å²) in [5.41, 5.74) is -0.605. The molecule has 1 amide bonds. The number of amides is 1. The number of hydrogen-bond donors (Lipinski definition) is 3. The monoisotopic (exact) mass is 410 g/mol. The highest BCUT2D eigenvalue weighted by Crippen LogP contribution is 2.28. The molecule has 0 spiro atoms. The third-order valence-corrected chi connectivity index (χ3v) is 3.90. The predicted octanol–water partition coefficient (Wildman–Crippen LogP) is 2.28. The number of aliphatic imine (C=N–C) groups is 1. The fraction of sp³-hybridized carbons (Fsp3) is 0.421. The summed E-state index contributed by atoms with van der Waals surface area (Å²) < 4.78 is 39.5. The van der Waals surface area contributed by atoms with Crippen molar-refractivity contribution in [2.75, 3.05) is 26.2 Å². The molecule has 158 valence electrons. The van der Waals surface area contributed by atoms with Crippen molar-refractivity contribution in [3.05, 3.63) is 53.9 Å². The van der Waals surface area contributed by atoms with Crippen molar-refractivity contribution in [3.63, 3.8) is 0 Å². The van der Waals surface area contributed by atoms with Crippen molar-refractivity contribution < 1.29 is 18.0 Å². The average Bonchev–Trinajstić information content (AvgIpc) is 3.21. The first kappa shape index (κ1) is 22.3. The van der Waals surface area contributed by atoms with Gasteiger partial charge in [-0.25, -0.2) is 0 Å². The molecule has 3 N–H and O–H groups in total. The number of rotatable bonds is 9. The Kier molecular flexibility index (Phi) is 8.50. The minimum atomic E-state index is -4.42. The molecule has 1 aromatic heterocycles. The van der Waals surface area contributed by atoms with Crippen LogP contribution in [0.15, 0.2) is 47.7 Å². The van der Waals surface area contributed by atoms with E-state index in [1.165, 1.54) is 0 Å². The Labute approximate surface area is 167 Å². The SMILES string of the molecule is CCNC(=NCCCn1cccn1)NCCNC(=O)c1ccc(C(F)(F)F)cc1. The molecular formula is C19H25F3N6O. The third kappa shape index (κ3) is 7.84. The lowest BCUT2D eigenvalue weighted by atomic mass is 10.1. The number of nitrogens with one attached hydrogen (secondary N) is 3. The Morgan fingerprint density at radius 2 is 1.86 bits per heavy atom. The summed E-state index contributed by atoms with van der Waals surface area (Å²) in [6.07, 6.45) is 0.0443. The van der Waals surface area contributed by atoms with E-state index in [4.69, 9.17) is 0 Å². The molecule has 0 atom stereocenters. The van der Waals surface area contributed by atoms with Gasteiger partial charge in [0.1, 0.15) is 0 Å². The zero-order valence-corrected chi connectivity index (χ0v) is 16.2. The first-order valence-electron chi connectivity index (χ1n) is 9.35. The first-order chi connectivity index (χ1) is 13.9. The largest absolute Gasteiger partial charge is 0.416 e. The smallest absolute Gasteiger partial charge is 0.357 e. The van der Waals surface area contributed by atoms with Crippen LogP contribution in [0.2, 0.25) is 0 Å². The molecular weight excluding hydrogens is 385 g/mol. The molecule has 10 heteroatoms. The topological polar surface area (TPSA) is 83.3 Å². The molecule has 0 saturated heterocycles. The number of halogens is 3. The van der Waals surface area contributed by atoms with Gasteiger partial charge >= 0.3 is 6.18 Å². The Morgan fingerprint density at radius 1 is 1.14 bits per heavy atom. The number of alkyl halides is 3. The fourth-order valence-corrected chi connectivity index (χ4v) is 2.47. The van der Waals surface area contributed by atoms with Crippen LogP contribution in [0.25, 0.3) is 0 Å². The molecule has 7 nitrogen and oxygen atoms in total. The molecule has 2 aromatic rings. The number of carbonyl (C=O) groups excluding carboxylic acids is 1. The van der Waals surface area contributed by atoms with E-state index >= 15 is 0 Å². The summed E-state index contributed by atoms with van der Waals surface area (Å²) >= 11 is 0. The number of guanidine groups is 1. The van der Waals surface area contributed by atoms with E-state index in [1.54, 1.807) is 6.20 Å². The summed E-state index contributed by atoms with van der Waals surface area (Å²) in [4.78, 5) is 16.5. The Bertz CT molecular complexity index is 772. The van der Waals surface area contributed by atoms with Gasteiger partial charge in [-0.15, -0.1) is 0 Å². The second-order valence-corrected chi connectivity index (χ2v) is 6.14. The van der Waals surface area contributed by atoms with E-state index in [0.29, 0.717) is 32.1 Å². The van der Waals surface area contributed by atoms with Crippen molar-refractivity contribution in [1.82, 2.24) is 25.7 Å². The van der Waals surface area contributed by atoms with Gasteiger partial charge in [0.25, 0.3) is 5.91 Å². The summed E-state index contributed by atoms with van der Waals surface area (Å²) in [6.45, 7) is 4.78. The molecule has 0 saturated carbocycles. The lowest BCUT2D eigenvalue weighted by Crippen LogP contribution is -2.41. The number of aromatic nitrogens is 2. The highest BCUT2D eigenvalue weighted by molar-refractivity contribution is 5.94. The molecule has 0 radical (unpaired) electrons. The van der Waals surface area contributed by atoms with Gasteiger partial charge in [0, 0.05) is 50.7 Å². The summed E-state index contributed by atoms with van der Waals surface area (Å²) in [7, 11) is 0. The van der Waals surface area contributed by atoms with E-state index in [2.05, 4.69) is 26.0 Å². The fourth-order valence-electron chi connectivity index (χ4n) is 2.47. The minimum absolute atomic E-state index is 0.178. The molecule has 0 aliphatic rings. The van der Waals surface area contributed by atoms with Crippen LogP contribution in [0.3, 0.4) is 0 Å². The van der Waals surface area contributed by atoms with Crippen LogP contribution in [0.1, 0.15) is 29.3 Å². The quantitative estimate of drug-likeness (QED) is 0.337. The Balaban J connectivity index is 1.71. The van der Waals surface area contributed by atoms with Crippen LogP contribution < -0.4 is 16.0 Å². The van der Waals surface area contributed by atoms with E-state index in [0.717, 1.165) is 37.2 Å². The molecule has 29 heavy (non-hydrogen) atoms. The van der Waals surface area contributed by atoms with Gasteiger partial charge < -0.3 is 16.0 Å². The standard InChI is InChI=1S/C19H25F3N6O/c1-2-23-18(25-9-3-13-28-14-4-10-27-28)26-12-11-24-17(29)15-5-7-16(8-6-15)19(20,21)22/h4-8,10,14H,2-3,9,11-13H2,1H3,(H,24,29)(H2,23,25,26). The maximum Gasteiger partial charge on any atom is 0.416 e. The molecule has 1 aromatic carbocycles. The normalized spacial score (nSPS) is 11.9. The molecule has 0 bridgehead atoms. The lowest BCUT2D eigenvalue weighted by Gasteiger charge is -2.12. The van der Waals surface area contributed by atoms with Crippen LogP contribution in [0.4, 0.5) is 13.2 Å². The van der Waals surface area contributed by atoms with Crippen molar-refractivity contribution >= 4 is 11.9 Å². The van der Waals surface area contributed by atoms with Gasteiger partial charge in [0.15, 0.2) is 5.96 Å². The second kappa shape index (κ2) is 11.1. The first-order valence-corrected chi connectivity index (χ1v) is 9.35. The minimum Gasteiger partial charge on any atom is -0.357 e. The number of nitrogens with zero attached hydrogens (tertiary/aromatic N) is 3. The van der Waals surface area contributed by atoms with Crippen molar-refractivity contribution in [1.29, 1.82) is 0 Å². The van der Waals surface area contributed by atoms with E-state index in [1.807, 2.05) is 23.9 Å². The maximum atomic E-state index is 12.6. The predicted molar refractivity (Wildman–Crippen MR) is 105 cm³/mol. The molecule has 0 aliphatic carbocycles. The van der Waals surface area contributed by atoms with E-state index in [9.17, 15) is 18.0 Å². The van der Waals surface area contributed by atoms with Gasteiger partial charge in [-0.2, -0.15) is 18.3 Å². The van der Waals surface area contributed by atoms with E-state index in [-0.39, 0.29) is 5.56 Å². The van der Waals surface area contributed by atoms with Gasteiger partial charge in [0.2, 0.25) is 0 Å². The van der Waals surface area contributed by atoms with Crippen LogP contribution >= 0.6 is 0 Å². The lowest BCUT2D eigenvalue weighted by molar-refractivity contribution is -0.137. The maximum absolute atomic E-state index is 12.6. The van der Waals surface area contributed by atoms with Crippen molar-refractivity contribution in [2.24, 2.45) is 4.99 Å². The molecule has 0 aliphatic heterocycles. The number of aryl methyl sites for hydroxylation is 1. The summed E-state index contributed by atoms with van der Waals surface area (Å²) in [5.74, 6) is 0.207. The number of benzene rings is 1. The molecule has 0 fully saturated rings. The molecule has 0 unspecified atom stereocenters. The van der Waals surface area contributed by atoms with Crippen molar-refractivity contribution in [2.45, 2.75) is 26.1 Å². The Morgan fingerprint density at radius 3 is 2.48 bits per heavy atom. The van der Waals surface area contributed by atoms with Gasteiger partial charge in [-0.05, 0) is 43.7 Å². The zero-order chi connectivity index (χ0) is 21.1. The number of hydrogen-bond acceptors (Lipinski definition) is 3. The van der Waals surface area contributed by atoms with Crippen LogP contribution in [-0.2, 0) is 12.7 Å². The van der Waals surface area contributed by atoms with Crippen LogP contribution in [-0.4, -0.2) is 47.8 Å². The van der Waals surface area contributed by atoms with Gasteiger partial charge in [-0.1, -0.05) is 0 Å². The summed E-state index contributed by atoms with van der Waals surface area (Å²) in [6, 6.07) is 5.99. The average molecular weight is 410 g/mol. The second-order valence-electron chi connectivity index (χ2n) is 6.14. The highest BCUT2D eigenvalue weighted by Gasteiger charge is 2.30. The zero-order valence-electron chi connectivity index (χ0n) is 16.2. The van der Waals surface area contributed by atoms with Gasteiger partial charge in [-0.3, -0.25) is 14.5 Å². The molecule has 1 heterocycles. The van der Waals surface area contributed by atoms with Crippen molar-refractivity contribution in [3.8, 4) is 0 Å². The highest BCUT2D eigenvalue weighted by atomic mass is 19.4. The number of carbonyl (C=O) groups is 1. The Hall–Kier alpha value is -3.04. The van der Waals surface area contributed by atoms with Gasteiger partial charge in [0.05, 0.1) is 5.56 Å². The molecule has 2 rings (SSSR count). The van der Waals surface area contributed by atoms with Crippen LogP contribution in [0, 0.1) is 0 Å². The van der Waals surface area contributed by atoms with Crippen LogP contribution in [0.5, 0.6) is 0 Å². The summed E-state index contributed by atoms with van der Waals surface area (Å²) in [5, 5.41) is 13.0. The van der Waals surface area contributed by atoms with E-state index < -0.39 is 17.6 Å².